The lowest BCUT2D eigenvalue weighted by atomic mass is 9.78. The summed E-state index contributed by atoms with van der Waals surface area (Å²) >= 11 is 5.98. The summed E-state index contributed by atoms with van der Waals surface area (Å²) < 4.78 is 6.27. The predicted octanol–water partition coefficient (Wildman–Crippen LogP) is 5.34. The van der Waals surface area contributed by atoms with Crippen LogP contribution in [0.4, 0.5) is 0 Å². The smallest absolute Gasteiger partial charge is 0.267 e. The summed E-state index contributed by atoms with van der Waals surface area (Å²) in [7, 11) is 0. The van der Waals surface area contributed by atoms with Crippen LogP contribution in [0, 0.1) is 10.7 Å². The van der Waals surface area contributed by atoms with Crippen LogP contribution >= 0.6 is 12.2 Å². The molecule has 2 fully saturated rings. The number of para-hydroxylation sites is 1. The Morgan fingerprint density at radius 1 is 1.00 bits per heavy atom. The fourth-order valence-corrected chi connectivity index (χ4v) is 6.37. The molecule has 6 nitrogen and oxygen atoms in total. The molecule has 4 aromatic rings. The normalized spacial score (nSPS) is 21.2. The second-order valence-corrected chi connectivity index (χ2v) is 10.2. The van der Waals surface area contributed by atoms with Crippen molar-refractivity contribution in [2.24, 2.45) is 5.92 Å². The van der Waals surface area contributed by atoms with Gasteiger partial charge in [-0.1, -0.05) is 44.0 Å². The molecule has 1 saturated carbocycles. The summed E-state index contributed by atoms with van der Waals surface area (Å²) in [5.41, 5.74) is 2.80. The summed E-state index contributed by atoms with van der Waals surface area (Å²) in [4.78, 5) is 16.2. The molecule has 1 aliphatic heterocycles. The van der Waals surface area contributed by atoms with Crippen molar-refractivity contribution >= 4 is 28.9 Å². The molecular formula is C27H31N5OS. The van der Waals surface area contributed by atoms with Gasteiger partial charge >= 0.3 is 0 Å². The summed E-state index contributed by atoms with van der Waals surface area (Å²) in [6, 6.07) is 16.5. The zero-order valence-corrected chi connectivity index (χ0v) is 20.5. The number of fused-ring (bicyclic) bond motifs is 4. The van der Waals surface area contributed by atoms with Crippen molar-refractivity contribution in [3.63, 3.8) is 0 Å². The van der Waals surface area contributed by atoms with Crippen LogP contribution in [-0.4, -0.2) is 36.2 Å². The second-order valence-electron chi connectivity index (χ2n) is 9.80. The zero-order chi connectivity index (χ0) is 23.2. The number of benzene rings is 2. The van der Waals surface area contributed by atoms with Gasteiger partial charge in [-0.15, -0.1) is 5.10 Å². The van der Waals surface area contributed by atoms with E-state index in [2.05, 4.69) is 24.0 Å². The number of hydrogen-bond donors (Lipinski definition) is 0. The average Bonchev–Trinajstić information content (AvgIpc) is 3.20. The van der Waals surface area contributed by atoms with E-state index in [9.17, 15) is 4.79 Å². The Labute approximate surface area is 204 Å². The second kappa shape index (κ2) is 8.78. The molecule has 2 aromatic carbocycles. The minimum Gasteiger partial charge on any atom is -0.281 e. The Morgan fingerprint density at radius 2 is 1.76 bits per heavy atom. The standard InChI is InChI=1S/C27H31N5OS/c1-2-19-13-15-21(16-14-19)31-25(33)22-10-4-6-12-24(22)32-26(31)28-30(27(32)34)18-29-17-7-9-20-8-3-5-11-23(20)29/h4,6,10,12-16,20,23H,2-3,5,7-9,11,17-18H2,1H3/t20-,23-/m0/s1. The molecule has 1 aliphatic carbocycles. The van der Waals surface area contributed by atoms with Crippen LogP contribution < -0.4 is 5.56 Å². The maximum absolute atomic E-state index is 13.7. The van der Waals surface area contributed by atoms with Crippen molar-refractivity contribution in [2.45, 2.75) is 64.6 Å². The maximum atomic E-state index is 13.7. The highest BCUT2D eigenvalue weighted by Crippen LogP contribution is 2.35. The van der Waals surface area contributed by atoms with Crippen LogP contribution in [0.1, 0.15) is 51.0 Å². The van der Waals surface area contributed by atoms with E-state index in [4.69, 9.17) is 17.3 Å². The number of hydrogen-bond acceptors (Lipinski definition) is 4. The summed E-state index contributed by atoms with van der Waals surface area (Å²) in [6.07, 6.45) is 8.82. The number of rotatable bonds is 4. The SMILES string of the molecule is CCc1ccc(-n2c(=O)c3ccccc3n3c(=S)n(CN4CCC[C@@H]5CCCC[C@@H]54)nc23)cc1. The molecule has 176 valence electrons. The Morgan fingerprint density at radius 3 is 2.59 bits per heavy atom. The molecule has 3 heterocycles. The largest absolute Gasteiger partial charge is 0.281 e. The fraction of sp³-hybridized carbons (Fsp3) is 0.444. The monoisotopic (exact) mass is 473 g/mol. The molecule has 0 amide bonds. The van der Waals surface area contributed by atoms with Gasteiger partial charge in [0.05, 0.1) is 23.3 Å². The van der Waals surface area contributed by atoms with Gasteiger partial charge in [-0.25, -0.2) is 9.25 Å². The molecular weight excluding hydrogens is 442 g/mol. The lowest BCUT2D eigenvalue weighted by molar-refractivity contribution is 0.0325. The number of piperidine rings is 1. The summed E-state index contributed by atoms with van der Waals surface area (Å²) in [5.74, 6) is 1.37. The van der Waals surface area contributed by atoms with Crippen LogP contribution in [0.25, 0.3) is 22.4 Å². The van der Waals surface area contributed by atoms with Crippen molar-refractivity contribution in [2.75, 3.05) is 6.54 Å². The van der Waals surface area contributed by atoms with E-state index < -0.39 is 0 Å². The molecule has 2 aliphatic rings. The van der Waals surface area contributed by atoms with Crippen LogP contribution in [0.3, 0.4) is 0 Å². The molecule has 2 aromatic heterocycles. The third-order valence-corrected chi connectivity index (χ3v) is 8.27. The van der Waals surface area contributed by atoms with Crippen molar-refractivity contribution in [1.82, 2.24) is 23.6 Å². The van der Waals surface area contributed by atoms with Gasteiger partial charge in [0.2, 0.25) is 10.5 Å². The van der Waals surface area contributed by atoms with E-state index in [1.807, 2.05) is 45.5 Å². The Kier molecular flexibility index (Phi) is 5.62. The predicted molar refractivity (Wildman–Crippen MR) is 138 cm³/mol. The van der Waals surface area contributed by atoms with Crippen molar-refractivity contribution in [3.8, 4) is 5.69 Å². The van der Waals surface area contributed by atoms with Gasteiger partial charge in [-0.2, -0.15) is 0 Å². The number of likely N-dealkylation sites (tertiary alicyclic amines) is 1. The highest BCUT2D eigenvalue weighted by atomic mass is 32.1. The fourth-order valence-electron chi connectivity index (χ4n) is 6.09. The summed E-state index contributed by atoms with van der Waals surface area (Å²) in [6.45, 7) is 3.90. The van der Waals surface area contributed by atoms with Crippen LogP contribution in [0.2, 0.25) is 0 Å². The van der Waals surface area contributed by atoms with E-state index in [1.165, 1.54) is 44.1 Å². The Hall–Kier alpha value is -2.77. The first-order chi connectivity index (χ1) is 16.7. The quantitative estimate of drug-likeness (QED) is 0.375. The van der Waals surface area contributed by atoms with E-state index in [1.54, 1.807) is 4.57 Å². The van der Waals surface area contributed by atoms with E-state index in [-0.39, 0.29) is 5.56 Å². The summed E-state index contributed by atoms with van der Waals surface area (Å²) in [5, 5.41) is 5.62. The van der Waals surface area contributed by atoms with Crippen molar-refractivity contribution < 1.29 is 0 Å². The van der Waals surface area contributed by atoms with Gasteiger partial charge < -0.3 is 0 Å². The van der Waals surface area contributed by atoms with Crippen LogP contribution in [-0.2, 0) is 13.1 Å². The highest BCUT2D eigenvalue weighted by molar-refractivity contribution is 7.71. The van der Waals surface area contributed by atoms with Gasteiger partial charge in [0, 0.05) is 12.6 Å². The molecule has 6 rings (SSSR count). The Bertz CT molecular complexity index is 1460. The molecule has 2 atom stereocenters. The molecule has 0 bridgehead atoms. The van der Waals surface area contributed by atoms with E-state index in [0.717, 1.165) is 30.1 Å². The lowest BCUT2D eigenvalue weighted by Gasteiger charge is -2.43. The number of aryl methyl sites for hydroxylation is 1. The van der Waals surface area contributed by atoms with Gasteiger partial charge in [-0.3, -0.25) is 14.1 Å². The minimum atomic E-state index is -0.0650. The van der Waals surface area contributed by atoms with Gasteiger partial charge in [0.15, 0.2) is 0 Å². The molecule has 7 heteroatoms. The molecule has 0 spiro atoms. The average molecular weight is 474 g/mol. The highest BCUT2D eigenvalue weighted by Gasteiger charge is 2.33. The maximum Gasteiger partial charge on any atom is 0.267 e. The van der Waals surface area contributed by atoms with Gasteiger partial charge in [-0.05, 0) is 80.1 Å². The van der Waals surface area contributed by atoms with Crippen molar-refractivity contribution in [3.05, 3.63) is 69.2 Å². The van der Waals surface area contributed by atoms with Gasteiger partial charge in [0.25, 0.3) is 5.56 Å². The van der Waals surface area contributed by atoms with Crippen LogP contribution in [0.15, 0.2) is 53.3 Å². The number of nitrogens with zero attached hydrogens (tertiary/aromatic N) is 5. The third kappa shape index (κ3) is 3.53. The van der Waals surface area contributed by atoms with Crippen LogP contribution in [0.5, 0.6) is 0 Å². The molecule has 0 N–H and O–H groups in total. The lowest BCUT2D eigenvalue weighted by Crippen LogP contribution is -2.47. The van der Waals surface area contributed by atoms with E-state index >= 15 is 0 Å². The minimum absolute atomic E-state index is 0.0650. The van der Waals surface area contributed by atoms with Gasteiger partial charge in [0.1, 0.15) is 0 Å². The number of aromatic nitrogens is 4. The third-order valence-electron chi connectivity index (χ3n) is 7.88. The topological polar surface area (TPSA) is 47.5 Å². The van der Waals surface area contributed by atoms with E-state index in [0.29, 0.717) is 28.6 Å². The first kappa shape index (κ1) is 21.7. The first-order valence-corrected chi connectivity index (χ1v) is 13.0. The Balaban J connectivity index is 1.52. The van der Waals surface area contributed by atoms with Crippen molar-refractivity contribution in [1.29, 1.82) is 0 Å². The molecule has 1 saturated heterocycles. The first-order valence-electron chi connectivity index (χ1n) is 12.6. The molecule has 0 unspecified atom stereocenters. The zero-order valence-electron chi connectivity index (χ0n) is 19.7. The molecule has 34 heavy (non-hydrogen) atoms. The molecule has 0 radical (unpaired) electrons.